The molecule has 0 saturated carbocycles. The van der Waals surface area contributed by atoms with Crippen molar-refractivity contribution in [2.45, 2.75) is 6.92 Å². The Morgan fingerprint density at radius 3 is 2.36 bits per heavy atom. The molecule has 0 bridgehead atoms. The lowest BCUT2D eigenvalue weighted by atomic mass is 10.2. The average Bonchev–Trinajstić information content (AvgIpc) is 2.66. The maximum atomic E-state index is 12.3. The topological polar surface area (TPSA) is 88.2 Å². The molecule has 1 aliphatic heterocycles. The van der Waals surface area contributed by atoms with Gasteiger partial charge in [-0.1, -0.05) is 12.1 Å². The summed E-state index contributed by atoms with van der Waals surface area (Å²) in [7, 11) is 1.31. The van der Waals surface area contributed by atoms with Crippen LogP contribution >= 0.6 is 0 Å². The highest BCUT2D eigenvalue weighted by atomic mass is 16.6. The molecule has 0 spiro atoms. The third kappa shape index (κ3) is 4.85. The zero-order valence-electron chi connectivity index (χ0n) is 14.5. The molecule has 25 heavy (non-hydrogen) atoms. The second kappa shape index (κ2) is 8.91. The molecule has 0 aromatic heterocycles. The lowest BCUT2D eigenvalue weighted by Crippen LogP contribution is -2.51. The predicted molar refractivity (Wildman–Crippen MR) is 91.4 cm³/mol. The fraction of sp³-hybridized carbons (Fsp3) is 0.471. The molecule has 0 unspecified atom stereocenters. The largest absolute Gasteiger partial charge is 0.465 e. The summed E-state index contributed by atoms with van der Waals surface area (Å²) in [5, 5.41) is 2.98. The zero-order chi connectivity index (χ0) is 18.2. The molecule has 0 atom stereocenters. The third-order valence-corrected chi connectivity index (χ3v) is 3.92. The van der Waals surface area contributed by atoms with E-state index in [1.54, 1.807) is 41.0 Å². The van der Waals surface area contributed by atoms with E-state index in [1.807, 2.05) is 0 Å². The van der Waals surface area contributed by atoms with Gasteiger partial charge in [0.25, 0.3) is 0 Å². The Morgan fingerprint density at radius 1 is 1.08 bits per heavy atom. The van der Waals surface area contributed by atoms with Crippen molar-refractivity contribution >= 4 is 23.7 Å². The number of hydrogen-bond donors (Lipinski definition) is 1. The first-order valence-electron chi connectivity index (χ1n) is 8.17. The van der Waals surface area contributed by atoms with Gasteiger partial charge in [-0.25, -0.2) is 9.59 Å². The van der Waals surface area contributed by atoms with Crippen LogP contribution in [0.3, 0.4) is 0 Å². The molecule has 1 aromatic rings. The van der Waals surface area contributed by atoms with Crippen LogP contribution in [0.25, 0.3) is 0 Å². The summed E-state index contributed by atoms with van der Waals surface area (Å²) in [6.07, 6.45) is -0.347. The monoisotopic (exact) mass is 349 g/mol. The fourth-order valence-corrected chi connectivity index (χ4v) is 2.56. The standard InChI is InChI=1S/C17H23N3O5/c1-3-25-17(23)20-10-8-19(9-11-20)15(21)12-18-14-7-5-4-6-13(14)16(22)24-2/h4-7,18H,3,8-12H2,1-2H3. The number of para-hydroxylation sites is 1. The molecular weight excluding hydrogens is 326 g/mol. The van der Waals surface area contributed by atoms with Gasteiger partial charge in [0.15, 0.2) is 0 Å². The van der Waals surface area contributed by atoms with E-state index >= 15 is 0 Å². The highest BCUT2D eigenvalue weighted by Gasteiger charge is 2.24. The zero-order valence-corrected chi connectivity index (χ0v) is 14.5. The van der Waals surface area contributed by atoms with E-state index in [0.29, 0.717) is 44.0 Å². The van der Waals surface area contributed by atoms with Crippen molar-refractivity contribution in [2.24, 2.45) is 0 Å². The van der Waals surface area contributed by atoms with Gasteiger partial charge in [0.2, 0.25) is 5.91 Å². The van der Waals surface area contributed by atoms with Gasteiger partial charge < -0.3 is 24.6 Å². The highest BCUT2D eigenvalue weighted by molar-refractivity contribution is 5.96. The van der Waals surface area contributed by atoms with Crippen LogP contribution < -0.4 is 5.32 Å². The van der Waals surface area contributed by atoms with Gasteiger partial charge in [-0.15, -0.1) is 0 Å². The summed E-state index contributed by atoms with van der Waals surface area (Å²) >= 11 is 0. The number of esters is 1. The van der Waals surface area contributed by atoms with E-state index in [2.05, 4.69) is 5.32 Å². The van der Waals surface area contributed by atoms with Crippen LogP contribution in [0.1, 0.15) is 17.3 Å². The quantitative estimate of drug-likeness (QED) is 0.803. The Morgan fingerprint density at radius 2 is 1.72 bits per heavy atom. The Kier molecular flexibility index (Phi) is 6.62. The minimum atomic E-state index is -0.460. The first-order valence-corrected chi connectivity index (χ1v) is 8.17. The molecule has 136 valence electrons. The van der Waals surface area contributed by atoms with Crippen molar-refractivity contribution in [1.29, 1.82) is 0 Å². The van der Waals surface area contributed by atoms with Crippen LogP contribution in [0.15, 0.2) is 24.3 Å². The molecule has 1 fully saturated rings. The Hall–Kier alpha value is -2.77. The molecule has 8 nitrogen and oxygen atoms in total. The minimum Gasteiger partial charge on any atom is -0.465 e. The molecule has 1 heterocycles. The number of carbonyl (C=O) groups is 3. The first kappa shape index (κ1) is 18.6. The van der Waals surface area contributed by atoms with Crippen LogP contribution in [0.4, 0.5) is 10.5 Å². The van der Waals surface area contributed by atoms with Crippen LogP contribution in [0, 0.1) is 0 Å². The summed E-state index contributed by atoms with van der Waals surface area (Å²) < 4.78 is 9.69. The third-order valence-electron chi connectivity index (χ3n) is 3.92. The van der Waals surface area contributed by atoms with Gasteiger partial charge in [-0.05, 0) is 19.1 Å². The number of carbonyl (C=O) groups excluding carboxylic acids is 3. The van der Waals surface area contributed by atoms with Gasteiger partial charge >= 0.3 is 12.1 Å². The van der Waals surface area contributed by atoms with Crippen molar-refractivity contribution in [3.05, 3.63) is 29.8 Å². The molecule has 2 rings (SSSR count). The average molecular weight is 349 g/mol. The van der Waals surface area contributed by atoms with E-state index in [1.165, 1.54) is 7.11 Å². The number of benzene rings is 1. The lowest BCUT2D eigenvalue weighted by Gasteiger charge is -2.34. The summed E-state index contributed by atoms with van der Waals surface area (Å²) in [5.74, 6) is -0.554. The summed E-state index contributed by atoms with van der Waals surface area (Å²) in [5.41, 5.74) is 0.929. The molecule has 2 amide bonds. The van der Waals surface area contributed by atoms with Crippen LogP contribution in [0.2, 0.25) is 0 Å². The van der Waals surface area contributed by atoms with Crippen LogP contribution in [0.5, 0.6) is 0 Å². The Bertz CT molecular complexity index is 626. The second-order valence-electron chi connectivity index (χ2n) is 5.46. The molecule has 0 radical (unpaired) electrons. The van der Waals surface area contributed by atoms with Gasteiger partial charge in [0, 0.05) is 31.9 Å². The predicted octanol–water partition coefficient (Wildman–Crippen LogP) is 1.19. The Balaban J connectivity index is 1.86. The number of hydrogen-bond acceptors (Lipinski definition) is 6. The maximum Gasteiger partial charge on any atom is 0.409 e. The summed E-state index contributed by atoms with van der Waals surface area (Å²) in [4.78, 5) is 39.0. The minimum absolute atomic E-state index is 0.0629. The van der Waals surface area contributed by atoms with E-state index in [-0.39, 0.29) is 18.5 Å². The molecule has 0 aliphatic carbocycles. The Labute approximate surface area is 146 Å². The molecular formula is C17H23N3O5. The van der Waals surface area contributed by atoms with Crippen molar-refractivity contribution in [3.63, 3.8) is 0 Å². The molecule has 1 aliphatic rings. The molecule has 1 aromatic carbocycles. The van der Waals surface area contributed by atoms with E-state index in [4.69, 9.17) is 9.47 Å². The van der Waals surface area contributed by atoms with Crippen molar-refractivity contribution in [3.8, 4) is 0 Å². The molecule has 8 heteroatoms. The van der Waals surface area contributed by atoms with E-state index in [0.717, 1.165) is 0 Å². The number of anilines is 1. The number of rotatable bonds is 5. The summed E-state index contributed by atoms with van der Waals surface area (Å²) in [6.45, 7) is 3.97. The van der Waals surface area contributed by atoms with Gasteiger partial charge in [0.05, 0.1) is 25.8 Å². The van der Waals surface area contributed by atoms with Gasteiger partial charge in [-0.2, -0.15) is 0 Å². The van der Waals surface area contributed by atoms with Crippen molar-refractivity contribution in [2.75, 3.05) is 51.8 Å². The van der Waals surface area contributed by atoms with Crippen molar-refractivity contribution < 1.29 is 23.9 Å². The SMILES string of the molecule is CCOC(=O)N1CCN(C(=O)CNc2ccccc2C(=O)OC)CC1. The fourth-order valence-electron chi connectivity index (χ4n) is 2.56. The number of piperazine rings is 1. The van der Waals surface area contributed by atoms with Crippen molar-refractivity contribution in [1.82, 2.24) is 9.80 Å². The number of nitrogens with zero attached hydrogens (tertiary/aromatic N) is 2. The number of ether oxygens (including phenoxy) is 2. The van der Waals surface area contributed by atoms with Crippen LogP contribution in [-0.2, 0) is 14.3 Å². The number of nitrogens with one attached hydrogen (secondary N) is 1. The van der Waals surface area contributed by atoms with Crippen LogP contribution in [-0.4, -0.2) is 74.2 Å². The maximum absolute atomic E-state index is 12.3. The molecule has 1 N–H and O–H groups in total. The normalized spacial score (nSPS) is 14.0. The second-order valence-corrected chi connectivity index (χ2v) is 5.46. The number of amides is 2. The first-order chi connectivity index (χ1) is 12.1. The summed E-state index contributed by atoms with van der Waals surface area (Å²) in [6, 6.07) is 6.86. The van der Waals surface area contributed by atoms with E-state index < -0.39 is 5.97 Å². The highest BCUT2D eigenvalue weighted by Crippen LogP contribution is 2.16. The number of methoxy groups -OCH3 is 1. The van der Waals surface area contributed by atoms with Gasteiger partial charge in [-0.3, -0.25) is 4.79 Å². The molecule has 1 saturated heterocycles. The van der Waals surface area contributed by atoms with E-state index in [9.17, 15) is 14.4 Å². The smallest absolute Gasteiger partial charge is 0.409 e. The van der Waals surface area contributed by atoms with Gasteiger partial charge in [0.1, 0.15) is 0 Å². The lowest BCUT2D eigenvalue weighted by molar-refractivity contribution is -0.130.